The molecule has 0 fully saturated rings. The van der Waals surface area contributed by atoms with E-state index < -0.39 is 12.1 Å². The van der Waals surface area contributed by atoms with Gasteiger partial charge >= 0.3 is 5.97 Å². The molecule has 29 heavy (non-hydrogen) atoms. The summed E-state index contributed by atoms with van der Waals surface area (Å²) in [6.45, 7) is 5.96. The van der Waals surface area contributed by atoms with Crippen LogP contribution in [0.15, 0.2) is 60.2 Å². The minimum atomic E-state index is -0.995. The van der Waals surface area contributed by atoms with Gasteiger partial charge < -0.3 is 10.1 Å². The minimum Gasteiger partial charge on any atom is -0.448 e. The number of esters is 1. The number of hydrogen-bond donors (Lipinski definition) is 1. The highest BCUT2D eigenvalue weighted by Crippen LogP contribution is 2.18. The summed E-state index contributed by atoms with van der Waals surface area (Å²) in [7, 11) is 0. The maximum Gasteiger partial charge on any atom is 0.349 e. The van der Waals surface area contributed by atoms with Crippen LogP contribution in [-0.4, -0.2) is 24.5 Å². The standard InChI is InChI=1S/C24H26N2O3/c1-4-20(21-8-6-5-7-9-21)16-26-23(27)18(3)29-24(28)22(15-25)14-19-12-10-17(2)11-13-19/h5-14,18,20H,4,16H2,1-3H3,(H,26,27)/b22-14+/t18-,20+/m1/s1. The van der Waals surface area contributed by atoms with Crippen LogP contribution in [0.1, 0.15) is 42.9 Å². The second-order valence-corrected chi connectivity index (χ2v) is 6.89. The Bertz CT molecular complexity index is 896. The van der Waals surface area contributed by atoms with E-state index in [2.05, 4.69) is 12.2 Å². The molecule has 0 saturated heterocycles. The molecule has 2 aromatic rings. The molecule has 150 valence electrons. The maximum atomic E-state index is 12.3. The Morgan fingerprint density at radius 2 is 1.79 bits per heavy atom. The fourth-order valence-corrected chi connectivity index (χ4v) is 2.83. The number of aryl methyl sites for hydroxylation is 1. The number of benzene rings is 2. The molecule has 1 amide bonds. The molecule has 0 aliphatic carbocycles. The van der Waals surface area contributed by atoms with E-state index in [4.69, 9.17) is 4.74 Å². The monoisotopic (exact) mass is 390 g/mol. The van der Waals surface area contributed by atoms with Crippen molar-refractivity contribution >= 4 is 18.0 Å². The summed E-state index contributed by atoms with van der Waals surface area (Å²) in [4.78, 5) is 24.6. The molecule has 1 N–H and O–H groups in total. The van der Waals surface area contributed by atoms with Crippen molar-refractivity contribution in [1.82, 2.24) is 5.32 Å². The van der Waals surface area contributed by atoms with Crippen molar-refractivity contribution in [1.29, 1.82) is 5.26 Å². The summed E-state index contributed by atoms with van der Waals surface area (Å²) >= 11 is 0. The first-order valence-electron chi connectivity index (χ1n) is 9.66. The van der Waals surface area contributed by atoms with Crippen molar-refractivity contribution in [2.45, 2.75) is 39.2 Å². The highest BCUT2D eigenvalue weighted by Gasteiger charge is 2.21. The third kappa shape index (κ3) is 6.62. The number of rotatable bonds is 8. The average Bonchev–Trinajstić information content (AvgIpc) is 2.74. The van der Waals surface area contributed by atoms with E-state index in [-0.39, 0.29) is 17.4 Å². The summed E-state index contributed by atoms with van der Waals surface area (Å²) in [6.07, 6.45) is 1.33. The Morgan fingerprint density at radius 3 is 2.38 bits per heavy atom. The van der Waals surface area contributed by atoms with Gasteiger partial charge in [0.1, 0.15) is 11.6 Å². The lowest BCUT2D eigenvalue weighted by atomic mass is 9.96. The first kappa shape index (κ1) is 21.9. The number of nitrogens with zero attached hydrogens (tertiary/aromatic N) is 1. The lowest BCUT2D eigenvalue weighted by Gasteiger charge is -2.18. The van der Waals surface area contributed by atoms with Gasteiger partial charge in [-0.3, -0.25) is 4.79 Å². The third-order valence-electron chi connectivity index (χ3n) is 4.67. The van der Waals surface area contributed by atoms with Crippen molar-refractivity contribution in [2.75, 3.05) is 6.54 Å². The third-order valence-corrected chi connectivity index (χ3v) is 4.67. The van der Waals surface area contributed by atoms with Gasteiger partial charge in [0, 0.05) is 12.5 Å². The summed E-state index contributed by atoms with van der Waals surface area (Å²) in [5, 5.41) is 12.1. The number of carbonyl (C=O) groups is 2. The lowest BCUT2D eigenvalue weighted by molar-refractivity contribution is -0.150. The highest BCUT2D eigenvalue weighted by atomic mass is 16.5. The number of carbonyl (C=O) groups excluding carboxylic acids is 2. The van der Waals surface area contributed by atoms with Gasteiger partial charge in [-0.2, -0.15) is 5.26 Å². The zero-order chi connectivity index (χ0) is 21.2. The van der Waals surface area contributed by atoms with Gasteiger partial charge in [0.2, 0.25) is 0 Å². The Hall–Kier alpha value is -3.39. The Labute approximate surface area is 172 Å². The van der Waals surface area contributed by atoms with Crippen LogP contribution in [0.25, 0.3) is 6.08 Å². The van der Waals surface area contributed by atoms with Gasteiger partial charge in [0.15, 0.2) is 6.10 Å². The fraction of sp³-hybridized carbons (Fsp3) is 0.292. The van der Waals surface area contributed by atoms with E-state index >= 15 is 0 Å². The molecule has 5 heteroatoms. The summed E-state index contributed by atoms with van der Waals surface area (Å²) in [5.41, 5.74) is 2.79. The second kappa shape index (κ2) is 10.8. The van der Waals surface area contributed by atoms with Crippen LogP contribution in [0.3, 0.4) is 0 Å². The molecule has 0 aliphatic rings. The highest BCUT2D eigenvalue weighted by molar-refractivity contribution is 5.99. The number of ether oxygens (including phenoxy) is 1. The van der Waals surface area contributed by atoms with Crippen LogP contribution >= 0.6 is 0 Å². The van der Waals surface area contributed by atoms with Gasteiger partial charge in [-0.05, 0) is 37.5 Å². The molecule has 0 radical (unpaired) electrons. The van der Waals surface area contributed by atoms with Crippen molar-refractivity contribution < 1.29 is 14.3 Å². The summed E-state index contributed by atoms with van der Waals surface area (Å²) < 4.78 is 5.19. The van der Waals surface area contributed by atoms with Crippen molar-refractivity contribution in [3.63, 3.8) is 0 Å². The fourth-order valence-electron chi connectivity index (χ4n) is 2.83. The predicted octanol–water partition coefficient (Wildman–Crippen LogP) is 4.14. The molecule has 0 unspecified atom stereocenters. The number of amides is 1. The van der Waals surface area contributed by atoms with Crippen LogP contribution in [0.5, 0.6) is 0 Å². The average molecular weight is 390 g/mol. The molecule has 2 atom stereocenters. The van der Waals surface area contributed by atoms with Gasteiger partial charge in [0.05, 0.1) is 0 Å². The van der Waals surface area contributed by atoms with Crippen molar-refractivity contribution in [3.8, 4) is 6.07 Å². The maximum absolute atomic E-state index is 12.3. The lowest BCUT2D eigenvalue weighted by Crippen LogP contribution is -2.38. The van der Waals surface area contributed by atoms with Crippen LogP contribution in [0, 0.1) is 18.3 Å². The molecular formula is C24H26N2O3. The van der Waals surface area contributed by atoms with E-state index in [0.717, 1.165) is 23.1 Å². The van der Waals surface area contributed by atoms with Gasteiger partial charge in [0.25, 0.3) is 5.91 Å². The molecule has 0 saturated carbocycles. The first-order valence-corrected chi connectivity index (χ1v) is 9.66. The van der Waals surface area contributed by atoms with Crippen LogP contribution in [0.2, 0.25) is 0 Å². The zero-order valence-corrected chi connectivity index (χ0v) is 17.0. The quantitative estimate of drug-likeness (QED) is 0.417. The molecule has 0 spiro atoms. The van der Waals surface area contributed by atoms with E-state index in [9.17, 15) is 14.9 Å². The van der Waals surface area contributed by atoms with E-state index in [1.54, 1.807) is 0 Å². The smallest absolute Gasteiger partial charge is 0.349 e. The van der Waals surface area contributed by atoms with E-state index in [1.165, 1.54) is 13.0 Å². The Morgan fingerprint density at radius 1 is 1.14 bits per heavy atom. The van der Waals surface area contributed by atoms with Crippen LogP contribution in [-0.2, 0) is 14.3 Å². The molecule has 2 aromatic carbocycles. The van der Waals surface area contributed by atoms with Crippen molar-refractivity contribution in [2.24, 2.45) is 0 Å². The normalized spacial score (nSPS) is 13.1. The minimum absolute atomic E-state index is 0.149. The zero-order valence-electron chi connectivity index (χ0n) is 17.0. The second-order valence-electron chi connectivity index (χ2n) is 6.89. The predicted molar refractivity (Wildman–Crippen MR) is 113 cm³/mol. The molecule has 2 rings (SSSR count). The van der Waals surface area contributed by atoms with E-state index in [0.29, 0.717) is 6.54 Å². The Kier molecular flexibility index (Phi) is 8.17. The SMILES string of the molecule is CC[C@@H](CNC(=O)[C@@H](C)OC(=O)/C(C#N)=C/c1ccc(C)cc1)c1ccccc1. The summed E-state index contributed by atoms with van der Waals surface area (Å²) in [6, 6.07) is 19.2. The first-order chi connectivity index (χ1) is 13.9. The van der Waals surface area contributed by atoms with Crippen LogP contribution in [0.4, 0.5) is 0 Å². The number of nitriles is 1. The summed E-state index contributed by atoms with van der Waals surface area (Å²) in [5.74, 6) is -1.02. The van der Waals surface area contributed by atoms with Gasteiger partial charge in [-0.15, -0.1) is 0 Å². The molecule has 5 nitrogen and oxygen atoms in total. The number of nitrogens with one attached hydrogen (secondary N) is 1. The molecule has 0 aliphatic heterocycles. The number of hydrogen-bond acceptors (Lipinski definition) is 4. The van der Waals surface area contributed by atoms with Gasteiger partial charge in [-0.1, -0.05) is 67.1 Å². The molecular weight excluding hydrogens is 364 g/mol. The van der Waals surface area contributed by atoms with Gasteiger partial charge in [-0.25, -0.2) is 4.79 Å². The molecule has 0 heterocycles. The van der Waals surface area contributed by atoms with E-state index in [1.807, 2.05) is 67.6 Å². The van der Waals surface area contributed by atoms with Crippen molar-refractivity contribution in [3.05, 3.63) is 76.9 Å². The van der Waals surface area contributed by atoms with Crippen LogP contribution < -0.4 is 5.32 Å². The molecule has 0 aromatic heterocycles. The molecule has 0 bridgehead atoms. The topological polar surface area (TPSA) is 79.2 Å². The Balaban J connectivity index is 1.94. The largest absolute Gasteiger partial charge is 0.448 e.